The second kappa shape index (κ2) is 10.2. The molecule has 1 unspecified atom stereocenters. The fourth-order valence-electron chi connectivity index (χ4n) is 4.24. The molecule has 2 amide bonds. The van der Waals surface area contributed by atoms with Gasteiger partial charge in [0.2, 0.25) is 0 Å². The van der Waals surface area contributed by atoms with Crippen LogP contribution in [0.5, 0.6) is 0 Å². The predicted molar refractivity (Wildman–Crippen MR) is 135 cm³/mol. The van der Waals surface area contributed by atoms with Crippen LogP contribution in [-0.2, 0) is 18.1 Å². The van der Waals surface area contributed by atoms with Crippen LogP contribution in [0.2, 0.25) is 0 Å². The van der Waals surface area contributed by atoms with Gasteiger partial charge in [-0.25, -0.2) is 4.79 Å². The molecule has 0 spiro atoms. The van der Waals surface area contributed by atoms with Crippen LogP contribution < -0.4 is 10.6 Å². The first-order valence-electron chi connectivity index (χ1n) is 11.5. The zero-order valence-corrected chi connectivity index (χ0v) is 19.9. The molecule has 0 aliphatic heterocycles. The third-order valence-electron chi connectivity index (χ3n) is 5.92. The third kappa shape index (κ3) is 5.74. The molecule has 1 heterocycles. The van der Waals surface area contributed by atoms with Gasteiger partial charge >= 0.3 is 12.2 Å². The lowest BCUT2D eigenvalue weighted by atomic mass is 9.80. The van der Waals surface area contributed by atoms with Gasteiger partial charge in [-0.1, -0.05) is 60.7 Å². The lowest BCUT2D eigenvalue weighted by Crippen LogP contribution is -2.50. The van der Waals surface area contributed by atoms with E-state index in [0.717, 1.165) is 23.3 Å². The van der Waals surface area contributed by atoms with Gasteiger partial charge in [-0.15, -0.1) is 0 Å². The van der Waals surface area contributed by atoms with Crippen molar-refractivity contribution in [2.45, 2.75) is 32.0 Å². The van der Waals surface area contributed by atoms with Crippen molar-refractivity contribution in [3.8, 4) is 0 Å². The molecule has 4 rings (SSSR count). The number of aromatic nitrogens is 1. The molecule has 2 N–H and O–H groups in total. The highest BCUT2D eigenvalue weighted by molar-refractivity contribution is 5.90. The highest BCUT2D eigenvalue weighted by atomic mass is 19.4. The predicted octanol–water partition coefficient (Wildman–Crippen LogP) is 7.03. The molecular weight excluding hydrogens is 463 g/mol. The highest BCUT2D eigenvalue weighted by Crippen LogP contribution is 2.37. The average molecular weight is 490 g/mol. The second-order valence-electron chi connectivity index (χ2n) is 8.76. The van der Waals surface area contributed by atoms with E-state index < -0.39 is 23.3 Å². The van der Waals surface area contributed by atoms with E-state index in [2.05, 4.69) is 15.6 Å². The monoisotopic (exact) mass is 489 g/mol. The molecule has 4 aromatic rings. The van der Waals surface area contributed by atoms with Crippen molar-refractivity contribution in [2.24, 2.45) is 0 Å². The largest absolute Gasteiger partial charge is 0.416 e. The van der Waals surface area contributed by atoms with Gasteiger partial charge in [0.05, 0.1) is 11.3 Å². The quantitative estimate of drug-likeness (QED) is 0.306. The van der Waals surface area contributed by atoms with E-state index >= 15 is 0 Å². The number of pyridine rings is 1. The minimum Gasteiger partial charge on any atom is -0.322 e. The Morgan fingerprint density at radius 1 is 0.806 bits per heavy atom. The van der Waals surface area contributed by atoms with Crippen molar-refractivity contribution in [3.63, 3.8) is 0 Å². The molecular formula is C29H26F3N3O. The van der Waals surface area contributed by atoms with E-state index in [1.54, 1.807) is 37.3 Å². The number of halogens is 3. The summed E-state index contributed by atoms with van der Waals surface area (Å²) in [6.45, 7) is 3.71. The molecule has 3 aromatic carbocycles. The zero-order valence-electron chi connectivity index (χ0n) is 19.9. The number of aryl methyl sites for hydroxylation is 2. The number of nitrogens with zero attached hydrogens (tertiary/aromatic N) is 1. The third-order valence-corrected chi connectivity index (χ3v) is 5.92. The Morgan fingerprint density at radius 2 is 1.50 bits per heavy atom. The van der Waals surface area contributed by atoms with Crippen LogP contribution in [-0.4, -0.2) is 11.0 Å². The molecule has 0 radical (unpaired) electrons. The summed E-state index contributed by atoms with van der Waals surface area (Å²) in [6, 6.07) is 26.4. The van der Waals surface area contributed by atoms with Crippen molar-refractivity contribution in [2.75, 3.05) is 5.32 Å². The van der Waals surface area contributed by atoms with Crippen molar-refractivity contribution < 1.29 is 18.0 Å². The Morgan fingerprint density at radius 3 is 2.19 bits per heavy atom. The Labute approximate surface area is 208 Å². The summed E-state index contributed by atoms with van der Waals surface area (Å²) < 4.78 is 41.2. The van der Waals surface area contributed by atoms with Crippen LogP contribution in [0.3, 0.4) is 0 Å². The van der Waals surface area contributed by atoms with Crippen LogP contribution in [0.4, 0.5) is 23.7 Å². The molecule has 0 saturated heterocycles. The maximum Gasteiger partial charge on any atom is 0.416 e. The summed E-state index contributed by atoms with van der Waals surface area (Å²) in [5.41, 5.74) is 1.56. The number of carbonyl (C=O) groups is 1. The van der Waals surface area contributed by atoms with E-state index in [1.807, 2.05) is 55.5 Å². The number of alkyl halides is 3. The molecule has 1 aromatic heterocycles. The van der Waals surface area contributed by atoms with Crippen LogP contribution in [0.15, 0.2) is 97.1 Å². The van der Waals surface area contributed by atoms with Crippen LogP contribution in [0.25, 0.3) is 0 Å². The number of nitrogens with one attached hydrogen (secondary N) is 2. The number of carbonyl (C=O) groups excluding carboxylic acids is 1. The summed E-state index contributed by atoms with van der Waals surface area (Å²) in [7, 11) is 0. The number of benzene rings is 3. The van der Waals surface area contributed by atoms with E-state index in [9.17, 15) is 18.0 Å². The molecule has 0 saturated carbocycles. The first-order valence-corrected chi connectivity index (χ1v) is 11.5. The van der Waals surface area contributed by atoms with E-state index in [1.165, 1.54) is 6.07 Å². The molecule has 0 aliphatic carbocycles. The van der Waals surface area contributed by atoms with E-state index in [-0.39, 0.29) is 12.0 Å². The van der Waals surface area contributed by atoms with Crippen LogP contribution >= 0.6 is 0 Å². The van der Waals surface area contributed by atoms with Crippen molar-refractivity contribution in [3.05, 3.63) is 131 Å². The molecule has 0 fully saturated rings. The maximum atomic E-state index is 13.7. The van der Waals surface area contributed by atoms with Gasteiger partial charge in [0.1, 0.15) is 5.54 Å². The number of hydrogen-bond donors (Lipinski definition) is 2. The molecule has 1 atom stereocenters. The Bertz CT molecular complexity index is 1360. The van der Waals surface area contributed by atoms with Crippen molar-refractivity contribution >= 4 is 11.7 Å². The Kier molecular flexibility index (Phi) is 7.10. The summed E-state index contributed by atoms with van der Waals surface area (Å²) in [6.07, 6.45) is -4.36. The topological polar surface area (TPSA) is 54.0 Å². The maximum absolute atomic E-state index is 13.7. The van der Waals surface area contributed by atoms with Gasteiger partial charge in [-0.3, -0.25) is 4.98 Å². The Balaban J connectivity index is 1.88. The SMILES string of the molecule is Cc1cccc(NC(=O)NC(Cc2ccccc2)(c2cccc(C(F)(F)F)c2)c2cccc(C)n2)c1. The Hall–Kier alpha value is -4.13. The minimum atomic E-state index is -4.54. The first kappa shape index (κ1) is 25.0. The smallest absolute Gasteiger partial charge is 0.322 e. The summed E-state index contributed by atoms with van der Waals surface area (Å²) in [5, 5.41) is 5.83. The fourth-order valence-corrected chi connectivity index (χ4v) is 4.24. The number of hydrogen-bond acceptors (Lipinski definition) is 2. The van der Waals surface area contributed by atoms with Gasteiger partial charge in [0, 0.05) is 17.8 Å². The molecule has 7 heteroatoms. The summed E-state index contributed by atoms with van der Waals surface area (Å²) >= 11 is 0. The van der Waals surface area contributed by atoms with Crippen molar-refractivity contribution in [1.82, 2.24) is 10.3 Å². The fraction of sp³-hybridized carbons (Fsp3) is 0.172. The van der Waals surface area contributed by atoms with E-state index in [0.29, 0.717) is 17.1 Å². The molecule has 0 bridgehead atoms. The number of rotatable bonds is 6. The minimum absolute atomic E-state index is 0.187. The van der Waals surface area contributed by atoms with Crippen LogP contribution in [0.1, 0.15) is 33.6 Å². The first-order chi connectivity index (χ1) is 17.2. The molecule has 36 heavy (non-hydrogen) atoms. The lowest BCUT2D eigenvalue weighted by Gasteiger charge is -2.36. The highest BCUT2D eigenvalue weighted by Gasteiger charge is 2.40. The van der Waals surface area contributed by atoms with Gasteiger partial charge in [-0.05, 0) is 66.9 Å². The van der Waals surface area contributed by atoms with Gasteiger partial charge in [-0.2, -0.15) is 13.2 Å². The van der Waals surface area contributed by atoms with Gasteiger partial charge < -0.3 is 10.6 Å². The average Bonchev–Trinajstić information content (AvgIpc) is 2.84. The summed E-state index contributed by atoms with van der Waals surface area (Å²) in [5.74, 6) is 0. The molecule has 4 nitrogen and oxygen atoms in total. The molecule has 184 valence electrons. The van der Waals surface area contributed by atoms with Crippen molar-refractivity contribution in [1.29, 1.82) is 0 Å². The summed E-state index contributed by atoms with van der Waals surface area (Å²) in [4.78, 5) is 18.0. The van der Waals surface area contributed by atoms with Gasteiger partial charge in [0.25, 0.3) is 0 Å². The normalized spacial score (nSPS) is 13.0. The standard InChI is InChI=1S/C29H26F3N3O/c1-20-9-6-15-25(17-20)34-27(36)35-28(19-22-11-4-3-5-12-22,26-16-7-10-21(2)33-26)23-13-8-14-24(18-23)29(30,31)32/h3-18H,19H2,1-2H3,(H2,34,35,36). The number of amides is 2. The zero-order chi connectivity index (χ0) is 25.8. The lowest BCUT2D eigenvalue weighted by molar-refractivity contribution is -0.137. The van der Waals surface area contributed by atoms with Gasteiger partial charge in [0.15, 0.2) is 0 Å². The second-order valence-corrected chi connectivity index (χ2v) is 8.76. The van der Waals surface area contributed by atoms with Crippen LogP contribution in [0, 0.1) is 13.8 Å². The molecule has 0 aliphatic rings. The number of urea groups is 1. The van der Waals surface area contributed by atoms with E-state index in [4.69, 9.17) is 0 Å². The number of anilines is 1.